The number of aromatic amines is 1. The minimum Gasteiger partial charge on any atom is -0.394 e. The molecule has 2 aromatic heterocycles. The number of hydrogen-bond donors (Lipinski definition) is 4. The first-order chi connectivity index (χ1) is 16.5. The summed E-state index contributed by atoms with van der Waals surface area (Å²) < 4.78 is 24.6. The topological polar surface area (TPSA) is 146 Å². The Morgan fingerprint density at radius 2 is 1.97 bits per heavy atom. The van der Waals surface area contributed by atoms with Crippen molar-refractivity contribution in [2.24, 2.45) is 0 Å². The van der Waals surface area contributed by atoms with E-state index in [1.165, 1.54) is 6.33 Å². The highest BCUT2D eigenvalue weighted by molar-refractivity contribution is 7.91. The predicted octanol–water partition coefficient (Wildman–Crippen LogP) is 2.87. The zero-order valence-electron chi connectivity index (χ0n) is 18.1. The van der Waals surface area contributed by atoms with Crippen molar-refractivity contribution >= 4 is 27.3 Å². The molecular weight excluding hydrogens is 454 g/mol. The van der Waals surface area contributed by atoms with Crippen LogP contribution in [0.5, 0.6) is 0 Å². The monoisotopic (exact) mass is 477 g/mol. The fraction of sp³-hybridized carbons (Fsp3) is 0.217. The first kappa shape index (κ1) is 22.0. The molecular formula is C23H23N7O3S. The van der Waals surface area contributed by atoms with Gasteiger partial charge in [-0.1, -0.05) is 30.3 Å². The van der Waals surface area contributed by atoms with Gasteiger partial charge in [-0.25, -0.2) is 18.4 Å². The maximum atomic E-state index is 12.3. The lowest BCUT2D eigenvalue weighted by Gasteiger charge is -2.20. The number of hydrogen-bond acceptors (Lipinski definition) is 9. The number of rotatable bonds is 7. The average molecular weight is 478 g/mol. The molecule has 34 heavy (non-hydrogen) atoms. The Kier molecular flexibility index (Phi) is 5.95. The molecule has 0 amide bonds. The molecule has 174 valence electrons. The van der Waals surface area contributed by atoms with E-state index in [-0.39, 0.29) is 12.4 Å². The Hall–Kier alpha value is -3.83. The van der Waals surface area contributed by atoms with Crippen molar-refractivity contribution in [3.63, 3.8) is 0 Å². The maximum Gasteiger partial charge on any atom is 0.229 e. The van der Waals surface area contributed by atoms with E-state index in [0.29, 0.717) is 46.6 Å². The molecule has 11 heteroatoms. The number of fused-ring (bicyclic) bond motifs is 1. The summed E-state index contributed by atoms with van der Waals surface area (Å²) in [6, 6.07) is 14.3. The van der Waals surface area contributed by atoms with Gasteiger partial charge in [-0.15, -0.1) is 0 Å². The van der Waals surface area contributed by atoms with E-state index in [9.17, 15) is 13.5 Å². The van der Waals surface area contributed by atoms with E-state index < -0.39 is 15.9 Å². The number of nitrogens with one attached hydrogen (secondary N) is 3. The molecule has 4 N–H and O–H groups in total. The molecule has 0 unspecified atom stereocenters. The third kappa shape index (κ3) is 4.47. The predicted molar refractivity (Wildman–Crippen MR) is 127 cm³/mol. The van der Waals surface area contributed by atoms with Crippen LogP contribution in [0.3, 0.4) is 0 Å². The van der Waals surface area contributed by atoms with E-state index in [2.05, 4.69) is 35.8 Å². The normalized spacial score (nSPS) is 15.3. The third-order valence-corrected chi connectivity index (χ3v) is 7.56. The van der Waals surface area contributed by atoms with Crippen molar-refractivity contribution in [2.75, 3.05) is 23.0 Å². The SMILES string of the molecule is O=S1(=O)CCCc2cc(Nc3ncc(-c4ncn[nH]4)c(N[C@H](CO)c4ccccc4)n3)ccc21. The van der Waals surface area contributed by atoms with Gasteiger partial charge in [0.1, 0.15) is 12.1 Å². The zero-order chi connectivity index (χ0) is 23.5. The van der Waals surface area contributed by atoms with Crippen LogP contribution in [0.1, 0.15) is 23.6 Å². The standard InChI is InChI=1S/C23H23N7O3S/c31-13-19(15-5-2-1-3-6-15)28-22-18(21-25-14-26-30-21)12-24-23(29-22)27-17-8-9-20-16(11-17)7-4-10-34(20,32)33/h1-3,5-6,8-9,11-12,14,19,31H,4,7,10,13H2,(H,25,26,30)(H2,24,27,28,29)/t19-/m1/s1. The van der Waals surface area contributed by atoms with Crippen molar-refractivity contribution in [1.29, 1.82) is 0 Å². The minimum atomic E-state index is -3.22. The number of H-pyrrole nitrogens is 1. The highest BCUT2D eigenvalue weighted by Gasteiger charge is 2.24. The molecule has 0 radical (unpaired) electrons. The van der Waals surface area contributed by atoms with Crippen LogP contribution < -0.4 is 10.6 Å². The van der Waals surface area contributed by atoms with E-state index in [4.69, 9.17) is 0 Å². The van der Waals surface area contributed by atoms with E-state index in [0.717, 1.165) is 11.1 Å². The van der Waals surface area contributed by atoms with Crippen molar-refractivity contribution in [3.05, 3.63) is 72.2 Å². The van der Waals surface area contributed by atoms with Crippen LogP contribution in [-0.2, 0) is 16.3 Å². The van der Waals surface area contributed by atoms with Crippen molar-refractivity contribution in [3.8, 4) is 11.4 Å². The van der Waals surface area contributed by atoms with Crippen LogP contribution >= 0.6 is 0 Å². The molecule has 1 aliphatic heterocycles. The number of aliphatic hydroxyl groups excluding tert-OH is 1. The summed E-state index contributed by atoms with van der Waals surface area (Å²) >= 11 is 0. The molecule has 1 aliphatic rings. The van der Waals surface area contributed by atoms with Gasteiger partial charge in [0.2, 0.25) is 5.95 Å². The molecule has 10 nitrogen and oxygen atoms in total. The summed E-state index contributed by atoms with van der Waals surface area (Å²) in [7, 11) is -3.22. The minimum absolute atomic E-state index is 0.147. The van der Waals surface area contributed by atoms with Crippen LogP contribution in [0.2, 0.25) is 0 Å². The summed E-state index contributed by atoms with van der Waals surface area (Å²) in [5, 5.41) is 23.2. The molecule has 2 aromatic carbocycles. The van der Waals surface area contributed by atoms with Gasteiger partial charge in [-0.05, 0) is 42.2 Å². The number of anilines is 3. The smallest absolute Gasteiger partial charge is 0.229 e. The second-order valence-corrected chi connectivity index (χ2v) is 10.0. The summed E-state index contributed by atoms with van der Waals surface area (Å²) in [5.41, 5.74) is 2.97. The highest BCUT2D eigenvalue weighted by atomic mass is 32.2. The molecule has 0 fully saturated rings. The summed E-state index contributed by atoms with van der Waals surface area (Å²) in [6.45, 7) is -0.147. The Labute approximate surface area is 196 Å². The fourth-order valence-corrected chi connectivity index (χ4v) is 5.57. The third-order valence-electron chi connectivity index (χ3n) is 5.67. The van der Waals surface area contributed by atoms with Crippen molar-refractivity contribution < 1.29 is 13.5 Å². The van der Waals surface area contributed by atoms with Crippen LogP contribution in [0.4, 0.5) is 17.5 Å². The lowest BCUT2D eigenvalue weighted by molar-refractivity contribution is 0.276. The number of sulfone groups is 1. The molecule has 3 heterocycles. The maximum absolute atomic E-state index is 12.3. The van der Waals surface area contributed by atoms with Crippen LogP contribution in [-0.4, -0.2) is 51.0 Å². The lowest BCUT2D eigenvalue weighted by Crippen LogP contribution is -2.17. The van der Waals surface area contributed by atoms with Gasteiger partial charge < -0.3 is 15.7 Å². The van der Waals surface area contributed by atoms with Crippen LogP contribution in [0, 0.1) is 0 Å². The Balaban J connectivity index is 1.47. The van der Waals surface area contributed by atoms with Gasteiger partial charge in [0, 0.05) is 11.9 Å². The second kappa shape index (κ2) is 9.20. The van der Waals surface area contributed by atoms with Crippen molar-refractivity contribution in [2.45, 2.75) is 23.8 Å². The lowest BCUT2D eigenvalue weighted by atomic mass is 10.1. The van der Waals surface area contributed by atoms with Gasteiger partial charge in [-0.2, -0.15) is 10.1 Å². The molecule has 0 saturated heterocycles. The molecule has 0 spiro atoms. The quantitative estimate of drug-likeness (QED) is 0.315. The molecule has 0 aliphatic carbocycles. The molecule has 1 atom stereocenters. The first-order valence-electron chi connectivity index (χ1n) is 10.8. The fourth-order valence-electron chi connectivity index (χ4n) is 3.99. The van der Waals surface area contributed by atoms with Crippen molar-refractivity contribution in [1.82, 2.24) is 25.1 Å². The number of aryl methyl sites for hydroxylation is 1. The Morgan fingerprint density at radius 1 is 1.12 bits per heavy atom. The number of aliphatic hydroxyl groups is 1. The second-order valence-electron chi connectivity index (χ2n) is 7.95. The van der Waals surface area contributed by atoms with E-state index >= 15 is 0 Å². The summed E-state index contributed by atoms with van der Waals surface area (Å²) in [4.78, 5) is 13.6. The van der Waals surface area contributed by atoms with Gasteiger partial charge in [0.25, 0.3) is 0 Å². The van der Waals surface area contributed by atoms with Gasteiger partial charge >= 0.3 is 0 Å². The van der Waals surface area contributed by atoms with Crippen LogP contribution in [0.25, 0.3) is 11.4 Å². The van der Waals surface area contributed by atoms with Crippen LogP contribution in [0.15, 0.2) is 66.0 Å². The number of nitrogens with zero attached hydrogens (tertiary/aromatic N) is 4. The Bertz CT molecular complexity index is 1390. The van der Waals surface area contributed by atoms with E-state index in [1.54, 1.807) is 18.3 Å². The first-order valence-corrected chi connectivity index (χ1v) is 12.5. The summed E-state index contributed by atoms with van der Waals surface area (Å²) in [6.07, 6.45) is 4.32. The van der Waals surface area contributed by atoms with Gasteiger partial charge in [0.15, 0.2) is 15.7 Å². The summed E-state index contributed by atoms with van der Waals surface area (Å²) in [5.74, 6) is 1.44. The molecule has 5 rings (SSSR count). The Morgan fingerprint density at radius 3 is 2.74 bits per heavy atom. The molecule has 0 saturated carbocycles. The van der Waals surface area contributed by atoms with E-state index in [1.807, 2.05) is 36.4 Å². The molecule has 0 bridgehead atoms. The molecule has 4 aromatic rings. The van der Waals surface area contributed by atoms with Gasteiger partial charge in [-0.3, -0.25) is 5.10 Å². The number of benzene rings is 2. The number of aromatic nitrogens is 5. The van der Waals surface area contributed by atoms with Gasteiger partial charge in [0.05, 0.1) is 28.9 Å². The zero-order valence-corrected chi connectivity index (χ0v) is 19.0. The highest BCUT2D eigenvalue weighted by Crippen LogP contribution is 2.30. The largest absolute Gasteiger partial charge is 0.394 e. The average Bonchev–Trinajstić information content (AvgIpc) is 3.38.